The van der Waals surface area contributed by atoms with Crippen molar-refractivity contribution in [3.8, 4) is 33.9 Å². The van der Waals surface area contributed by atoms with E-state index in [-0.39, 0.29) is 16.9 Å². The lowest BCUT2D eigenvalue weighted by atomic mass is 10.0. The quantitative estimate of drug-likeness (QED) is 0.336. The topological polar surface area (TPSA) is 86.4 Å². The van der Waals surface area contributed by atoms with Crippen molar-refractivity contribution in [2.24, 2.45) is 0 Å². The molecule has 0 saturated heterocycles. The van der Waals surface area contributed by atoms with Crippen LogP contribution in [0.15, 0.2) is 67.1 Å². The molecule has 0 unspecified atom stereocenters. The second-order valence-corrected chi connectivity index (χ2v) is 8.87. The minimum absolute atomic E-state index is 0.182. The first-order chi connectivity index (χ1) is 17.5. The molecule has 6 rings (SSSR count). The molecule has 6 aromatic rings. The predicted octanol–water partition coefficient (Wildman–Crippen LogP) is 5.57. The summed E-state index contributed by atoms with van der Waals surface area (Å²) in [6.45, 7) is 0.672. The van der Waals surface area contributed by atoms with Gasteiger partial charge in [-0.2, -0.15) is 5.10 Å². The van der Waals surface area contributed by atoms with Gasteiger partial charge in [0.15, 0.2) is 11.6 Å². The van der Waals surface area contributed by atoms with Gasteiger partial charge in [0.25, 0.3) is 0 Å². The molecular formula is C27H21F2N7. The lowest BCUT2D eigenvalue weighted by Crippen LogP contribution is -2.10. The summed E-state index contributed by atoms with van der Waals surface area (Å²) in [7, 11) is 3.92. The summed E-state index contributed by atoms with van der Waals surface area (Å²) in [4.78, 5) is 18.5. The zero-order chi connectivity index (χ0) is 24.8. The van der Waals surface area contributed by atoms with Gasteiger partial charge in [-0.05, 0) is 37.9 Å². The molecular weight excluding hydrogens is 460 g/mol. The normalized spacial score (nSPS) is 11.7. The first-order valence-corrected chi connectivity index (χ1v) is 11.3. The van der Waals surface area contributed by atoms with Crippen LogP contribution in [0.3, 0.4) is 0 Å². The number of benzene rings is 2. The number of imidazole rings is 1. The number of hydrogen-bond donors (Lipinski definition) is 2. The van der Waals surface area contributed by atoms with E-state index in [1.807, 2.05) is 43.3 Å². The molecule has 7 nitrogen and oxygen atoms in total. The lowest BCUT2D eigenvalue weighted by Gasteiger charge is -2.10. The number of pyridine rings is 2. The number of nitrogens with zero attached hydrogens (tertiary/aromatic N) is 5. The number of halogens is 2. The van der Waals surface area contributed by atoms with Crippen molar-refractivity contribution in [2.45, 2.75) is 6.54 Å². The molecule has 0 aliphatic carbocycles. The number of H-pyrrole nitrogens is 2. The van der Waals surface area contributed by atoms with Crippen molar-refractivity contribution in [3.05, 3.63) is 84.3 Å². The van der Waals surface area contributed by atoms with E-state index in [1.54, 1.807) is 36.8 Å². The number of fused-ring (bicyclic) bond motifs is 2. The Kier molecular flexibility index (Phi) is 5.26. The third kappa shape index (κ3) is 3.70. The van der Waals surface area contributed by atoms with Crippen LogP contribution in [0.5, 0.6) is 0 Å². The smallest absolute Gasteiger partial charge is 0.161 e. The Labute approximate surface area is 204 Å². The summed E-state index contributed by atoms with van der Waals surface area (Å²) in [6.07, 6.45) is 4.90. The Morgan fingerprint density at radius 1 is 0.889 bits per heavy atom. The maximum atomic E-state index is 15.9. The fourth-order valence-electron chi connectivity index (χ4n) is 4.46. The Hall–Kier alpha value is -4.50. The van der Waals surface area contributed by atoms with Crippen LogP contribution in [-0.2, 0) is 6.54 Å². The summed E-state index contributed by atoms with van der Waals surface area (Å²) >= 11 is 0. The molecule has 9 heteroatoms. The largest absolute Gasteiger partial charge is 0.337 e. The van der Waals surface area contributed by atoms with Gasteiger partial charge in [0.2, 0.25) is 0 Å². The van der Waals surface area contributed by atoms with Gasteiger partial charge in [-0.15, -0.1) is 0 Å². The predicted molar refractivity (Wildman–Crippen MR) is 135 cm³/mol. The molecule has 178 valence electrons. The number of rotatable bonds is 5. The van der Waals surface area contributed by atoms with Gasteiger partial charge in [-0.1, -0.05) is 30.3 Å². The molecule has 0 saturated carbocycles. The number of nitrogens with one attached hydrogen (secondary N) is 2. The molecule has 0 spiro atoms. The molecule has 0 radical (unpaired) electrons. The highest BCUT2D eigenvalue weighted by Crippen LogP contribution is 2.35. The van der Waals surface area contributed by atoms with Crippen molar-refractivity contribution in [3.63, 3.8) is 0 Å². The van der Waals surface area contributed by atoms with Crippen LogP contribution in [0.25, 0.3) is 55.8 Å². The first kappa shape index (κ1) is 22.0. The average Bonchev–Trinajstić information content (AvgIpc) is 3.49. The number of aromatic nitrogens is 6. The number of para-hydroxylation sites is 1. The number of aromatic amines is 2. The van der Waals surface area contributed by atoms with E-state index in [9.17, 15) is 4.39 Å². The van der Waals surface area contributed by atoms with E-state index in [0.717, 1.165) is 5.56 Å². The van der Waals surface area contributed by atoms with Crippen LogP contribution in [0.1, 0.15) is 5.56 Å². The highest BCUT2D eigenvalue weighted by atomic mass is 19.1. The molecule has 0 atom stereocenters. The first-order valence-electron chi connectivity index (χ1n) is 11.3. The molecule has 0 aliphatic heterocycles. The van der Waals surface area contributed by atoms with E-state index < -0.39 is 5.82 Å². The average molecular weight is 482 g/mol. The second kappa shape index (κ2) is 8.62. The lowest BCUT2D eigenvalue weighted by molar-refractivity contribution is 0.402. The summed E-state index contributed by atoms with van der Waals surface area (Å²) in [5, 5.41) is 7.45. The summed E-state index contributed by atoms with van der Waals surface area (Å²) in [5.74, 6) is -0.489. The van der Waals surface area contributed by atoms with Crippen LogP contribution in [-0.4, -0.2) is 49.1 Å². The maximum absolute atomic E-state index is 15.9. The fourth-order valence-corrected chi connectivity index (χ4v) is 4.46. The van der Waals surface area contributed by atoms with E-state index in [1.165, 1.54) is 6.07 Å². The zero-order valence-electron chi connectivity index (χ0n) is 19.5. The van der Waals surface area contributed by atoms with Crippen LogP contribution in [0, 0.1) is 11.6 Å². The Balaban J connectivity index is 1.50. The summed E-state index contributed by atoms with van der Waals surface area (Å²) in [5.41, 5.74) is 4.81. The molecule has 0 amide bonds. The van der Waals surface area contributed by atoms with Gasteiger partial charge in [-0.25, -0.2) is 13.8 Å². The van der Waals surface area contributed by atoms with E-state index in [2.05, 4.69) is 25.1 Å². The SMILES string of the molecule is CN(C)Cc1cncc(-c2ncc3[nH]nc(-c4nc5c(-c6ccccc6F)cccc5[nH]4)c3c2F)c1. The van der Waals surface area contributed by atoms with Crippen molar-refractivity contribution in [1.82, 2.24) is 35.0 Å². The number of hydrogen-bond acceptors (Lipinski definition) is 5. The van der Waals surface area contributed by atoms with Crippen LogP contribution in [0.2, 0.25) is 0 Å². The van der Waals surface area contributed by atoms with E-state index >= 15 is 4.39 Å². The molecule has 4 heterocycles. The standard InChI is InChI=1S/C27H21F2N7/c1-36(2)14-15-10-16(12-30-11-15)24-23(29)22-21(13-31-24)34-35-26(22)27-32-20-9-5-7-18(25(20)33-27)17-6-3-4-8-19(17)28/h3-13H,14H2,1-2H3,(H,32,33)(H,34,35). The van der Waals surface area contributed by atoms with Gasteiger partial charge >= 0.3 is 0 Å². The fraction of sp³-hybridized carbons (Fsp3) is 0.111. The Bertz CT molecular complexity index is 1740. The minimum Gasteiger partial charge on any atom is -0.337 e. The molecule has 2 N–H and O–H groups in total. The second-order valence-electron chi connectivity index (χ2n) is 8.87. The molecule has 36 heavy (non-hydrogen) atoms. The van der Waals surface area contributed by atoms with Gasteiger partial charge in [0, 0.05) is 35.6 Å². The van der Waals surface area contributed by atoms with Gasteiger partial charge in [-0.3, -0.25) is 15.1 Å². The third-order valence-electron chi connectivity index (χ3n) is 6.01. The van der Waals surface area contributed by atoms with Crippen molar-refractivity contribution in [2.75, 3.05) is 14.1 Å². The molecule has 0 bridgehead atoms. The zero-order valence-corrected chi connectivity index (χ0v) is 19.5. The third-order valence-corrected chi connectivity index (χ3v) is 6.01. The van der Waals surface area contributed by atoms with Crippen LogP contribution in [0.4, 0.5) is 8.78 Å². The molecule has 4 aromatic heterocycles. The van der Waals surface area contributed by atoms with Gasteiger partial charge in [0.1, 0.15) is 17.2 Å². The highest BCUT2D eigenvalue weighted by molar-refractivity contribution is 5.98. The minimum atomic E-state index is -0.519. The molecule has 0 fully saturated rings. The van der Waals surface area contributed by atoms with Crippen LogP contribution >= 0.6 is 0 Å². The van der Waals surface area contributed by atoms with Gasteiger partial charge < -0.3 is 9.88 Å². The Morgan fingerprint density at radius 2 is 1.72 bits per heavy atom. The summed E-state index contributed by atoms with van der Waals surface area (Å²) < 4.78 is 30.5. The maximum Gasteiger partial charge on any atom is 0.161 e. The van der Waals surface area contributed by atoms with E-state index in [0.29, 0.717) is 51.3 Å². The molecule has 2 aromatic carbocycles. The summed E-state index contributed by atoms with van der Waals surface area (Å²) in [6, 6.07) is 13.9. The Morgan fingerprint density at radius 3 is 2.56 bits per heavy atom. The van der Waals surface area contributed by atoms with Crippen LogP contribution < -0.4 is 0 Å². The van der Waals surface area contributed by atoms with Crippen molar-refractivity contribution < 1.29 is 8.78 Å². The molecule has 0 aliphatic rings. The van der Waals surface area contributed by atoms with Gasteiger partial charge in [0.05, 0.1) is 28.1 Å². The highest BCUT2D eigenvalue weighted by Gasteiger charge is 2.21. The van der Waals surface area contributed by atoms with Crippen molar-refractivity contribution >= 4 is 21.9 Å². The van der Waals surface area contributed by atoms with E-state index in [4.69, 9.17) is 4.98 Å². The van der Waals surface area contributed by atoms with Crippen molar-refractivity contribution in [1.29, 1.82) is 0 Å². The monoisotopic (exact) mass is 481 g/mol.